The number of nitrogens with one attached hydrogen (secondary N) is 3. The Morgan fingerprint density at radius 3 is 1.81 bits per heavy atom. The number of primary amides is 1. The van der Waals surface area contributed by atoms with E-state index in [1.165, 1.54) is 44.0 Å². The van der Waals surface area contributed by atoms with Gasteiger partial charge in [0.2, 0.25) is 12.0 Å². The number of thiazole rings is 2. The highest BCUT2D eigenvalue weighted by Gasteiger charge is 2.40. The van der Waals surface area contributed by atoms with Crippen LogP contribution < -0.4 is 11.1 Å². The lowest BCUT2D eigenvalue weighted by molar-refractivity contribution is -0.148. The zero-order chi connectivity index (χ0) is 37.8. The third-order valence-corrected chi connectivity index (χ3v) is 11.6. The van der Waals surface area contributed by atoms with Crippen LogP contribution in [-0.2, 0) is 28.5 Å². The molecule has 284 valence electrons. The SMILES string of the molecule is COC(=O)N[C@H](C(=O)N1CCC[C@H]1c1nc(-c2cnc(-c3ncc(-c4c[nH]c([C@@H]5CCCN5C(=O)[C@@H](OC(N)=O)[C@@H](C)OC)n4)s3)s2)c[nH]1)[C@@H](C)OC. The molecule has 2 aliphatic rings. The summed E-state index contributed by atoms with van der Waals surface area (Å²) < 4.78 is 20.5. The standard InChI is InChI=1S/C33H42N10O8S2/c1-16(48-3)24(41-33(47)50-5)30(44)42-10-6-8-20(42)26-35-12-18(39-26)22-14-37-28(52-22)29-38-15-23(53-29)19-13-36-27(40-19)21-9-7-11-43(21)31(45)25(17(2)49-4)51-32(34)46/h12-17,20-21,24-25H,6-11H2,1-5H3,(H2,34,46)(H,35,39)(H,36,40)(H,41,47)/t16-,17-,20+,21+,24+,25+/m1/s1. The van der Waals surface area contributed by atoms with Crippen molar-refractivity contribution < 1.29 is 38.1 Å². The monoisotopic (exact) mass is 770 g/mol. The molecule has 6 rings (SSSR count). The molecule has 0 radical (unpaired) electrons. The fourth-order valence-corrected chi connectivity index (χ4v) is 8.31. The van der Waals surface area contributed by atoms with Crippen molar-refractivity contribution >= 4 is 46.7 Å². The molecule has 20 heteroatoms. The highest BCUT2D eigenvalue weighted by atomic mass is 32.1. The number of amides is 4. The van der Waals surface area contributed by atoms with E-state index >= 15 is 0 Å². The van der Waals surface area contributed by atoms with Gasteiger partial charge in [-0.25, -0.2) is 29.5 Å². The number of ether oxygens (including phenoxy) is 4. The number of methoxy groups -OCH3 is 3. The Bertz CT molecular complexity index is 1930. The minimum absolute atomic E-state index is 0.275. The van der Waals surface area contributed by atoms with Crippen LogP contribution in [-0.4, -0.2) is 122 Å². The number of likely N-dealkylation sites (tertiary alicyclic amines) is 2. The predicted octanol–water partition coefficient (Wildman–Crippen LogP) is 3.63. The maximum Gasteiger partial charge on any atom is 0.407 e. The van der Waals surface area contributed by atoms with Gasteiger partial charge in [-0.1, -0.05) is 0 Å². The number of nitrogens with zero attached hydrogens (tertiary/aromatic N) is 6. The third-order valence-electron chi connectivity index (χ3n) is 9.45. The number of aromatic amines is 2. The summed E-state index contributed by atoms with van der Waals surface area (Å²) in [5.41, 5.74) is 6.59. The summed E-state index contributed by atoms with van der Waals surface area (Å²) in [7, 11) is 4.16. The minimum Gasteiger partial charge on any atom is -0.453 e. The van der Waals surface area contributed by atoms with Crippen molar-refractivity contribution in [2.45, 2.75) is 76.0 Å². The molecule has 4 amide bonds. The van der Waals surface area contributed by atoms with E-state index in [0.29, 0.717) is 59.0 Å². The van der Waals surface area contributed by atoms with Crippen LogP contribution in [0.1, 0.15) is 63.3 Å². The number of aromatic nitrogens is 6. The predicted molar refractivity (Wildman–Crippen MR) is 192 cm³/mol. The first-order valence-corrected chi connectivity index (χ1v) is 18.7. The summed E-state index contributed by atoms with van der Waals surface area (Å²) in [6, 6.07) is -1.56. The number of hydrogen-bond donors (Lipinski definition) is 4. The van der Waals surface area contributed by atoms with Crippen LogP contribution in [0.5, 0.6) is 0 Å². The Balaban J connectivity index is 1.14. The number of rotatable bonds is 13. The van der Waals surface area contributed by atoms with Gasteiger partial charge in [0.05, 0.1) is 35.1 Å². The third kappa shape index (κ3) is 8.04. The van der Waals surface area contributed by atoms with E-state index < -0.39 is 42.4 Å². The fourth-order valence-electron chi connectivity index (χ4n) is 6.52. The Hall–Kier alpha value is -4.92. The topological polar surface area (TPSA) is 233 Å². The normalized spacial score (nSPS) is 19.5. The molecular formula is C33H42N10O8S2. The molecule has 6 heterocycles. The number of carbonyl (C=O) groups excluding carboxylic acids is 4. The Morgan fingerprint density at radius 1 is 0.830 bits per heavy atom. The molecule has 18 nitrogen and oxygen atoms in total. The molecule has 0 unspecified atom stereocenters. The molecule has 0 saturated carbocycles. The van der Waals surface area contributed by atoms with E-state index in [1.807, 2.05) is 0 Å². The largest absolute Gasteiger partial charge is 0.453 e. The molecule has 6 atom stereocenters. The maximum absolute atomic E-state index is 13.6. The van der Waals surface area contributed by atoms with Gasteiger partial charge in [-0.2, -0.15) is 0 Å². The van der Waals surface area contributed by atoms with E-state index in [4.69, 9.17) is 34.6 Å². The highest BCUT2D eigenvalue weighted by molar-refractivity contribution is 7.24. The van der Waals surface area contributed by atoms with Crippen LogP contribution in [0.2, 0.25) is 0 Å². The molecule has 2 saturated heterocycles. The lowest BCUT2D eigenvalue weighted by Crippen LogP contribution is -2.54. The lowest BCUT2D eigenvalue weighted by Gasteiger charge is -2.30. The van der Waals surface area contributed by atoms with Crippen molar-refractivity contribution in [1.82, 2.24) is 45.0 Å². The zero-order valence-corrected chi connectivity index (χ0v) is 31.5. The van der Waals surface area contributed by atoms with Gasteiger partial charge in [0, 0.05) is 52.1 Å². The number of imidazole rings is 2. The fraction of sp³-hybridized carbons (Fsp3) is 0.515. The number of hydrogen-bond acceptors (Lipinski definition) is 14. The molecule has 53 heavy (non-hydrogen) atoms. The van der Waals surface area contributed by atoms with E-state index in [9.17, 15) is 19.2 Å². The van der Waals surface area contributed by atoms with E-state index in [1.54, 1.807) is 48.4 Å². The molecule has 0 bridgehead atoms. The number of H-pyrrole nitrogens is 2. The van der Waals surface area contributed by atoms with Crippen molar-refractivity contribution in [1.29, 1.82) is 0 Å². The lowest BCUT2D eigenvalue weighted by atomic mass is 10.1. The van der Waals surface area contributed by atoms with E-state index in [0.717, 1.165) is 22.6 Å². The van der Waals surface area contributed by atoms with Crippen LogP contribution in [0.3, 0.4) is 0 Å². The molecular weight excluding hydrogens is 729 g/mol. The average Bonchev–Trinajstić information content (AvgIpc) is 3.99. The number of carbonyl (C=O) groups is 4. The van der Waals surface area contributed by atoms with Crippen molar-refractivity contribution in [3.63, 3.8) is 0 Å². The smallest absolute Gasteiger partial charge is 0.407 e. The summed E-state index contributed by atoms with van der Waals surface area (Å²) >= 11 is 2.88. The first-order valence-electron chi connectivity index (χ1n) is 17.0. The second-order valence-corrected chi connectivity index (χ2v) is 14.7. The van der Waals surface area contributed by atoms with Gasteiger partial charge >= 0.3 is 12.2 Å². The van der Waals surface area contributed by atoms with Gasteiger partial charge in [-0.05, 0) is 39.5 Å². The van der Waals surface area contributed by atoms with Crippen molar-refractivity contribution in [3.8, 4) is 31.2 Å². The number of alkyl carbamates (subject to hydrolysis) is 1. The molecule has 2 fully saturated rings. The van der Waals surface area contributed by atoms with Gasteiger partial charge in [-0.3, -0.25) is 9.59 Å². The Morgan fingerprint density at radius 2 is 1.34 bits per heavy atom. The summed E-state index contributed by atoms with van der Waals surface area (Å²) in [5.74, 6) is 0.582. The molecule has 0 aromatic carbocycles. The summed E-state index contributed by atoms with van der Waals surface area (Å²) in [4.78, 5) is 80.9. The van der Waals surface area contributed by atoms with Gasteiger partial charge in [-0.15, -0.1) is 22.7 Å². The summed E-state index contributed by atoms with van der Waals surface area (Å²) in [5, 5.41) is 4.02. The maximum atomic E-state index is 13.6. The molecule has 4 aromatic rings. The van der Waals surface area contributed by atoms with Crippen LogP contribution in [0.15, 0.2) is 24.8 Å². The molecule has 2 aliphatic heterocycles. The van der Waals surface area contributed by atoms with Crippen molar-refractivity contribution in [3.05, 3.63) is 36.4 Å². The summed E-state index contributed by atoms with van der Waals surface area (Å²) in [6.07, 6.45) is 5.80. The van der Waals surface area contributed by atoms with Crippen LogP contribution in [0.4, 0.5) is 9.59 Å². The first kappa shape index (κ1) is 37.8. The van der Waals surface area contributed by atoms with Gasteiger partial charge in [0.15, 0.2) is 10.0 Å². The second-order valence-electron chi connectivity index (χ2n) is 12.6. The molecule has 5 N–H and O–H groups in total. The molecule has 4 aromatic heterocycles. The molecule has 0 aliphatic carbocycles. The average molecular weight is 771 g/mol. The van der Waals surface area contributed by atoms with Gasteiger partial charge in [0.1, 0.15) is 35.2 Å². The van der Waals surface area contributed by atoms with Crippen molar-refractivity contribution in [2.75, 3.05) is 34.4 Å². The number of nitrogens with two attached hydrogens (primary N) is 1. The Labute approximate surface area is 312 Å². The summed E-state index contributed by atoms with van der Waals surface area (Å²) in [6.45, 7) is 4.35. The second kappa shape index (κ2) is 16.4. The van der Waals surface area contributed by atoms with Crippen LogP contribution in [0.25, 0.3) is 31.2 Å². The quantitative estimate of drug-likeness (QED) is 0.153. The van der Waals surface area contributed by atoms with Gasteiger partial charge < -0.3 is 49.8 Å². The zero-order valence-electron chi connectivity index (χ0n) is 29.9. The Kier molecular flexibility index (Phi) is 11.7. The van der Waals surface area contributed by atoms with Gasteiger partial charge in [0.25, 0.3) is 5.91 Å². The highest BCUT2D eigenvalue weighted by Crippen LogP contribution is 2.39. The van der Waals surface area contributed by atoms with Crippen LogP contribution in [0, 0.1) is 0 Å². The minimum atomic E-state index is -1.17. The van der Waals surface area contributed by atoms with Crippen molar-refractivity contribution in [2.24, 2.45) is 5.73 Å². The molecule has 0 spiro atoms. The first-order chi connectivity index (χ1) is 25.5. The van der Waals surface area contributed by atoms with Crippen LogP contribution >= 0.6 is 22.7 Å². The van der Waals surface area contributed by atoms with E-state index in [2.05, 4.69) is 25.3 Å². The van der Waals surface area contributed by atoms with E-state index in [-0.39, 0.29) is 18.0 Å².